The SMILES string of the molecule is CCOC(=O)COCCNc1ccc(F)cc1OC. The van der Waals surface area contributed by atoms with E-state index in [4.69, 9.17) is 14.2 Å². The van der Waals surface area contributed by atoms with Crippen LogP contribution in [-0.4, -0.2) is 39.4 Å². The fourth-order valence-corrected chi connectivity index (χ4v) is 1.43. The standard InChI is InChI=1S/C13H18FNO4/c1-3-19-13(16)9-18-7-6-15-11-5-4-10(14)8-12(11)17-2/h4-5,8,15H,3,6-7,9H2,1-2H3. The number of methoxy groups -OCH3 is 1. The Labute approximate surface area is 111 Å². The van der Waals surface area contributed by atoms with E-state index in [1.807, 2.05) is 0 Å². The minimum atomic E-state index is -0.387. The molecule has 19 heavy (non-hydrogen) atoms. The molecule has 0 bridgehead atoms. The van der Waals surface area contributed by atoms with Crippen molar-refractivity contribution in [2.45, 2.75) is 6.92 Å². The van der Waals surface area contributed by atoms with Gasteiger partial charge in [0.2, 0.25) is 0 Å². The van der Waals surface area contributed by atoms with Crippen LogP contribution in [0, 0.1) is 5.82 Å². The van der Waals surface area contributed by atoms with Gasteiger partial charge in [0.05, 0.1) is 26.0 Å². The highest BCUT2D eigenvalue weighted by Crippen LogP contribution is 2.24. The Balaban J connectivity index is 2.28. The number of carbonyl (C=O) groups excluding carboxylic acids is 1. The molecule has 6 heteroatoms. The first-order valence-corrected chi connectivity index (χ1v) is 5.98. The van der Waals surface area contributed by atoms with Crippen molar-refractivity contribution in [2.24, 2.45) is 0 Å². The first kappa shape index (κ1) is 15.2. The number of esters is 1. The van der Waals surface area contributed by atoms with Crippen LogP contribution in [0.2, 0.25) is 0 Å². The van der Waals surface area contributed by atoms with E-state index in [2.05, 4.69) is 5.32 Å². The molecular weight excluding hydrogens is 253 g/mol. The van der Waals surface area contributed by atoms with E-state index in [-0.39, 0.29) is 18.4 Å². The Kier molecular flexibility index (Phi) is 6.67. The van der Waals surface area contributed by atoms with Gasteiger partial charge in [-0.2, -0.15) is 0 Å². The number of nitrogens with one attached hydrogen (secondary N) is 1. The minimum Gasteiger partial charge on any atom is -0.494 e. The van der Waals surface area contributed by atoms with Crippen LogP contribution >= 0.6 is 0 Å². The number of rotatable bonds is 8. The van der Waals surface area contributed by atoms with E-state index >= 15 is 0 Å². The van der Waals surface area contributed by atoms with Crippen LogP contribution in [0.25, 0.3) is 0 Å². The zero-order chi connectivity index (χ0) is 14.1. The first-order valence-electron chi connectivity index (χ1n) is 5.98. The summed E-state index contributed by atoms with van der Waals surface area (Å²) in [6.45, 7) is 2.81. The van der Waals surface area contributed by atoms with Gasteiger partial charge in [-0.3, -0.25) is 0 Å². The van der Waals surface area contributed by atoms with Crippen molar-refractivity contribution in [2.75, 3.05) is 38.8 Å². The lowest BCUT2D eigenvalue weighted by atomic mass is 10.3. The highest BCUT2D eigenvalue weighted by atomic mass is 19.1. The zero-order valence-corrected chi connectivity index (χ0v) is 11.1. The third-order valence-electron chi connectivity index (χ3n) is 2.25. The minimum absolute atomic E-state index is 0.0733. The number of hydrogen-bond donors (Lipinski definition) is 1. The number of hydrogen-bond acceptors (Lipinski definition) is 5. The molecule has 0 saturated carbocycles. The molecule has 5 nitrogen and oxygen atoms in total. The van der Waals surface area contributed by atoms with Gasteiger partial charge in [0.1, 0.15) is 18.2 Å². The number of halogens is 1. The summed E-state index contributed by atoms with van der Waals surface area (Å²) in [7, 11) is 1.47. The Morgan fingerprint density at radius 3 is 2.89 bits per heavy atom. The molecule has 1 aromatic rings. The fraction of sp³-hybridized carbons (Fsp3) is 0.462. The molecule has 0 radical (unpaired) electrons. The molecule has 0 aromatic heterocycles. The molecule has 0 heterocycles. The maximum absolute atomic E-state index is 13.0. The maximum Gasteiger partial charge on any atom is 0.332 e. The summed E-state index contributed by atoms with van der Waals surface area (Å²) in [6.07, 6.45) is 0. The monoisotopic (exact) mass is 271 g/mol. The second-order valence-corrected chi connectivity index (χ2v) is 3.63. The number of anilines is 1. The third-order valence-corrected chi connectivity index (χ3v) is 2.25. The molecule has 1 rings (SSSR count). The van der Waals surface area contributed by atoms with Gasteiger partial charge in [-0.25, -0.2) is 9.18 Å². The Morgan fingerprint density at radius 1 is 1.42 bits per heavy atom. The lowest BCUT2D eigenvalue weighted by Crippen LogP contribution is -2.16. The van der Waals surface area contributed by atoms with Crippen molar-refractivity contribution in [1.29, 1.82) is 0 Å². The van der Waals surface area contributed by atoms with E-state index in [0.717, 1.165) is 0 Å². The predicted octanol–water partition coefficient (Wildman–Crippen LogP) is 1.83. The van der Waals surface area contributed by atoms with Crippen LogP contribution in [0.5, 0.6) is 5.75 Å². The molecule has 1 aromatic carbocycles. The van der Waals surface area contributed by atoms with E-state index in [1.54, 1.807) is 13.0 Å². The topological polar surface area (TPSA) is 56.8 Å². The van der Waals surface area contributed by atoms with Crippen molar-refractivity contribution in [3.63, 3.8) is 0 Å². The average molecular weight is 271 g/mol. The molecule has 0 unspecified atom stereocenters. The number of carbonyl (C=O) groups is 1. The van der Waals surface area contributed by atoms with Crippen LogP contribution in [0.3, 0.4) is 0 Å². The summed E-state index contributed by atoms with van der Waals surface area (Å²) in [5, 5.41) is 3.03. The summed E-state index contributed by atoms with van der Waals surface area (Å²) in [4.78, 5) is 11.0. The van der Waals surface area contributed by atoms with Gasteiger partial charge >= 0.3 is 5.97 Å². The summed E-state index contributed by atoms with van der Waals surface area (Å²) < 4.78 is 27.8. The van der Waals surface area contributed by atoms with Crippen LogP contribution in [0.4, 0.5) is 10.1 Å². The van der Waals surface area contributed by atoms with E-state index in [1.165, 1.54) is 19.2 Å². The van der Waals surface area contributed by atoms with Gasteiger partial charge < -0.3 is 19.5 Å². The van der Waals surface area contributed by atoms with Crippen LogP contribution < -0.4 is 10.1 Å². The highest BCUT2D eigenvalue weighted by molar-refractivity contribution is 5.70. The lowest BCUT2D eigenvalue weighted by Gasteiger charge is -2.11. The van der Waals surface area contributed by atoms with Crippen LogP contribution in [0.1, 0.15) is 6.92 Å². The average Bonchev–Trinajstić information content (AvgIpc) is 2.40. The third kappa shape index (κ3) is 5.56. The molecular formula is C13H18FNO4. The van der Waals surface area contributed by atoms with Gasteiger partial charge in [-0.1, -0.05) is 0 Å². The largest absolute Gasteiger partial charge is 0.494 e. The predicted molar refractivity (Wildman–Crippen MR) is 68.9 cm³/mol. The van der Waals surface area contributed by atoms with Crippen LogP contribution in [0.15, 0.2) is 18.2 Å². The van der Waals surface area contributed by atoms with Crippen molar-refractivity contribution in [1.82, 2.24) is 0 Å². The van der Waals surface area contributed by atoms with Gasteiger partial charge in [-0.05, 0) is 19.1 Å². The van der Waals surface area contributed by atoms with Crippen molar-refractivity contribution in [3.05, 3.63) is 24.0 Å². The summed E-state index contributed by atoms with van der Waals surface area (Å²) >= 11 is 0. The van der Waals surface area contributed by atoms with Gasteiger partial charge in [0.25, 0.3) is 0 Å². The van der Waals surface area contributed by atoms with Gasteiger partial charge in [0.15, 0.2) is 0 Å². The molecule has 0 aliphatic rings. The number of benzene rings is 1. The smallest absolute Gasteiger partial charge is 0.332 e. The van der Waals surface area contributed by atoms with Gasteiger partial charge in [0, 0.05) is 12.6 Å². The summed E-state index contributed by atoms with van der Waals surface area (Å²) in [5.74, 6) is -0.326. The highest BCUT2D eigenvalue weighted by Gasteiger charge is 2.04. The van der Waals surface area contributed by atoms with E-state index in [9.17, 15) is 9.18 Å². The first-order chi connectivity index (χ1) is 9.17. The quantitative estimate of drug-likeness (QED) is 0.577. The Hall–Kier alpha value is -1.82. The molecule has 0 aliphatic carbocycles. The fourth-order valence-electron chi connectivity index (χ4n) is 1.43. The zero-order valence-electron chi connectivity index (χ0n) is 11.1. The maximum atomic E-state index is 13.0. The molecule has 1 N–H and O–H groups in total. The second kappa shape index (κ2) is 8.31. The molecule has 0 spiro atoms. The van der Waals surface area contributed by atoms with E-state index in [0.29, 0.717) is 31.2 Å². The van der Waals surface area contributed by atoms with E-state index < -0.39 is 0 Å². The molecule has 0 aliphatic heterocycles. The van der Waals surface area contributed by atoms with Crippen molar-refractivity contribution in [3.8, 4) is 5.75 Å². The Bertz CT molecular complexity index is 412. The van der Waals surface area contributed by atoms with Gasteiger partial charge in [-0.15, -0.1) is 0 Å². The second-order valence-electron chi connectivity index (χ2n) is 3.63. The Morgan fingerprint density at radius 2 is 2.21 bits per heavy atom. The normalized spacial score (nSPS) is 10.1. The summed E-state index contributed by atoms with van der Waals surface area (Å²) in [6, 6.07) is 4.21. The molecule has 0 atom stereocenters. The lowest BCUT2D eigenvalue weighted by molar-refractivity contribution is -0.148. The summed E-state index contributed by atoms with van der Waals surface area (Å²) in [5.41, 5.74) is 0.670. The van der Waals surface area contributed by atoms with Crippen molar-refractivity contribution < 1.29 is 23.4 Å². The molecule has 0 fully saturated rings. The van der Waals surface area contributed by atoms with Crippen molar-refractivity contribution >= 4 is 11.7 Å². The molecule has 0 saturated heterocycles. The van der Waals surface area contributed by atoms with Crippen LogP contribution in [-0.2, 0) is 14.3 Å². The number of ether oxygens (including phenoxy) is 3. The molecule has 106 valence electrons. The molecule has 0 amide bonds.